The molecule has 0 saturated carbocycles. The maximum Gasteiger partial charge on any atom is 0.410 e. The van der Waals surface area contributed by atoms with E-state index in [1.165, 1.54) is 18.4 Å². The molecule has 2 aliphatic rings. The molecule has 0 bridgehead atoms. The van der Waals surface area contributed by atoms with Crippen molar-refractivity contribution in [3.05, 3.63) is 36.6 Å². The Labute approximate surface area is 193 Å². The van der Waals surface area contributed by atoms with Gasteiger partial charge in [-0.1, -0.05) is 0 Å². The summed E-state index contributed by atoms with van der Waals surface area (Å²) in [5.74, 6) is 0.0879. The van der Waals surface area contributed by atoms with Crippen LogP contribution >= 0.6 is 43.2 Å². The number of hydrogen-bond acceptors (Lipinski definition) is 7. The molecule has 0 radical (unpaired) electrons. The van der Waals surface area contributed by atoms with Crippen LogP contribution in [0.1, 0.15) is 39.5 Å². The van der Waals surface area contributed by atoms with Crippen LogP contribution in [-0.2, 0) is 17.7 Å². The molecule has 0 unspecified atom stereocenters. The van der Waals surface area contributed by atoms with E-state index >= 15 is 0 Å². The lowest BCUT2D eigenvalue weighted by Crippen LogP contribution is -2.39. The summed E-state index contributed by atoms with van der Waals surface area (Å²) in [7, 11) is 1.47. The molecule has 2 amide bonds. The number of carbonyl (C=O) groups is 2. The van der Waals surface area contributed by atoms with Gasteiger partial charge < -0.3 is 30.1 Å². The highest BCUT2D eigenvalue weighted by Gasteiger charge is 2.35. The molecule has 3 N–H and O–H groups in total. The highest BCUT2D eigenvalue weighted by Crippen LogP contribution is 2.46. The summed E-state index contributed by atoms with van der Waals surface area (Å²) in [6, 6.07) is 1.67. The molecule has 3 heterocycles. The Bertz CT molecular complexity index is 1040. The number of nitrogens with one attached hydrogen (secondary N) is 2. The van der Waals surface area contributed by atoms with E-state index in [1.54, 1.807) is 17.9 Å². The lowest BCUT2D eigenvalue weighted by Gasteiger charge is -2.29. The molecule has 160 valence electrons. The van der Waals surface area contributed by atoms with Crippen molar-refractivity contribution in [2.24, 2.45) is 0 Å². The van der Waals surface area contributed by atoms with Crippen LogP contribution in [-0.4, -0.2) is 42.3 Å². The van der Waals surface area contributed by atoms with Crippen LogP contribution < -0.4 is 15.4 Å². The summed E-state index contributed by atoms with van der Waals surface area (Å²) in [5, 5.41) is 17.3. The number of nitrogens with zero attached hydrogens (tertiary/aromatic N) is 1. The third-order valence-electron chi connectivity index (χ3n) is 5.07. The second-order valence-corrected chi connectivity index (χ2v) is 9.46. The van der Waals surface area contributed by atoms with Crippen molar-refractivity contribution in [1.29, 1.82) is 0 Å². The van der Waals surface area contributed by atoms with Gasteiger partial charge in [0, 0.05) is 21.5 Å². The van der Waals surface area contributed by atoms with Gasteiger partial charge in [0.15, 0.2) is 11.5 Å². The Balaban J connectivity index is 1.66. The quantitative estimate of drug-likeness (QED) is 0.516. The predicted octanol–water partition coefficient (Wildman–Crippen LogP) is 4.36. The van der Waals surface area contributed by atoms with Crippen molar-refractivity contribution in [2.45, 2.75) is 26.1 Å². The number of amides is 2. The number of fused-ring (bicyclic) bond motifs is 3. The second-order valence-electron chi connectivity index (χ2n) is 6.77. The summed E-state index contributed by atoms with van der Waals surface area (Å²) >= 11 is 8.30. The lowest BCUT2D eigenvalue weighted by atomic mass is 10.0. The molecular formula is C19H19Br2N3O5S. The minimum atomic E-state index is -0.522. The molecule has 2 aromatic rings. The van der Waals surface area contributed by atoms with Crippen molar-refractivity contribution in [1.82, 2.24) is 10.2 Å². The lowest BCUT2D eigenvalue weighted by molar-refractivity contribution is 0.0934. The number of phenols is 1. The van der Waals surface area contributed by atoms with Gasteiger partial charge in [0.05, 0.1) is 30.3 Å². The summed E-state index contributed by atoms with van der Waals surface area (Å²) in [5.41, 5.74) is 2.31. The van der Waals surface area contributed by atoms with Crippen molar-refractivity contribution < 1.29 is 24.2 Å². The van der Waals surface area contributed by atoms with Crippen molar-refractivity contribution in [2.75, 3.05) is 25.6 Å². The van der Waals surface area contributed by atoms with Gasteiger partial charge in [-0.25, -0.2) is 4.79 Å². The first-order valence-electron chi connectivity index (χ1n) is 9.24. The van der Waals surface area contributed by atoms with Gasteiger partial charge in [-0.2, -0.15) is 0 Å². The van der Waals surface area contributed by atoms with Crippen molar-refractivity contribution in [3.8, 4) is 11.5 Å². The molecule has 4 rings (SSSR count). The van der Waals surface area contributed by atoms with Gasteiger partial charge in [-0.05, 0) is 56.8 Å². The zero-order valence-corrected chi connectivity index (χ0v) is 20.2. The van der Waals surface area contributed by atoms with Crippen LogP contribution in [0, 0.1) is 0 Å². The largest absolute Gasteiger partial charge is 0.503 e. The van der Waals surface area contributed by atoms with Gasteiger partial charge in [-0.15, -0.1) is 11.3 Å². The van der Waals surface area contributed by atoms with Gasteiger partial charge in [0.1, 0.15) is 11.2 Å². The number of methoxy groups -OCH3 is 1. The molecule has 0 fully saturated rings. The zero-order valence-electron chi connectivity index (χ0n) is 16.2. The highest BCUT2D eigenvalue weighted by molar-refractivity contribution is 9.13. The third-order valence-corrected chi connectivity index (χ3v) is 8.37. The predicted molar refractivity (Wildman–Crippen MR) is 119 cm³/mol. The number of aromatic hydroxyl groups is 1. The monoisotopic (exact) mass is 559 g/mol. The minimum Gasteiger partial charge on any atom is -0.503 e. The van der Waals surface area contributed by atoms with E-state index in [4.69, 9.17) is 9.47 Å². The first-order chi connectivity index (χ1) is 14.3. The summed E-state index contributed by atoms with van der Waals surface area (Å²) < 4.78 is 11.4. The van der Waals surface area contributed by atoms with Gasteiger partial charge >= 0.3 is 6.09 Å². The van der Waals surface area contributed by atoms with E-state index in [9.17, 15) is 14.7 Å². The fourth-order valence-electron chi connectivity index (χ4n) is 3.62. The summed E-state index contributed by atoms with van der Waals surface area (Å²) in [6.45, 7) is 3.04. The second kappa shape index (κ2) is 8.27. The summed E-state index contributed by atoms with van der Waals surface area (Å²) in [4.78, 5) is 27.7. The molecule has 30 heavy (non-hydrogen) atoms. The van der Waals surface area contributed by atoms with E-state index in [1.807, 2.05) is 0 Å². The molecule has 0 saturated heterocycles. The highest BCUT2D eigenvalue weighted by atomic mass is 79.9. The van der Waals surface area contributed by atoms with Crippen LogP contribution in [0.15, 0.2) is 15.0 Å². The Morgan fingerprint density at radius 1 is 1.37 bits per heavy atom. The Morgan fingerprint density at radius 2 is 2.13 bits per heavy atom. The first kappa shape index (κ1) is 21.3. The Hall–Kier alpha value is -1.98. The number of hydrogen-bond donors (Lipinski definition) is 3. The van der Waals surface area contributed by atoms with E-state index in [0.29, 0.717) is 46.2 Å². The maximum atomic E-state index is 13.0. The number of carbonyl (C=O) groups excluding carboxylic acids is 2. The molecule has 1 aromatic carbocycles. The summed E-state index contributed by atoms with van der Waals surface area (Å²) in [6.07, 6.45) is -0.261. The van der Waals surface area contributed by atoms with Gasteiger partial charge in [-0.3, -0.25) is 4.79 Å². The van der Waals surface area contributed by atoms with E-state index < -0.39 is 6.17 Å². The number of benzene rings is 1. The molecular weight excluding hydrogens is 542 g/mol. The molecule has 0 spiro atoms. The third kappa shape index (κ3) is 3.52. The number of anilines is 1. The molecule has 2 aliphatic heterocycles. The van der Waals surface area contributed by atoms with Gasteiger partial charge in [0.2, 0.25) is 0 Å². The average molecular weight is 561 g/mol. The van der Waals surface area contributed by atoms with Crippen molar-refractivity contribution >= 4 is 60.2 Å². The van der Waals surface area contributed by atoms with Gasteiger partial charge in [0.25, 0.3) is 5.91 Å². The molecule has 1 atom stereocenters. The van der Waals surface area contributed by atoms with Crippen LogP contribution in [0.5, 0.6) is 11.5 Å². The SMILES string of the molecule is CCOC(=O)N1CCc2c(sc3c2C(=O)N[C@H](c2cc(OC)c(O)c(Br)c2Br)N3)C1. The fourth-order valence-corrected chi connectivity index (χ4v) is 5.86. The van der Waals surface area contributed by atoms with Crippen LogP contribution in [0.25, 0.3) is 0 Å². The van der Waals surface area contributed by atoms with E-state index in [-0.39, 0.29) is 23.5 Å². The Morgan fingerprint density at radius 3 is 2.83 bits per heavy atom. The molecule has 11 heteroatoms. The zero-order chi connectivity index (χ0) is 21.6. The number of ether oxygens (including phenoxy) is 2. The van der Waals surface area contributed by atoms with Crippen LogP contribution in [0.2, 0.25) is 0 Å². The maximum absolute atomic E-state index is 13.0. The number of phenolic OH excluding ortho intramolecular Hbond substituents is 1. The van der Waals surface area contributed by atoms with Crippen LogP contribution in [0.3, 0.4) is 0 Å². The average Bonchev–Trinajstić information content (AvgIpc) is 3.10. The van der Waals surface area contributed by atoms with E-state index in [0.717, 1.165) is 15.4 Å². The fraction of sp³-hybridized carbons (Fsp3) is 0.368. The smallest absolute Gasteiger partial charge is 0.410 e. The van der Waals surface area contributed by atoms with Crippen molar-refractivity contribution in [3.63, 3.8) is 0 Å². The normalized spacial score (nSPS) is 17.5. The number of halogens is 2. The number of rotatable bonds is 3. The molecule has 0 aliphatic carbocycles. The number of thiophene rings is 1. The minimum absolute atomic E-state index is 0.0263. The Kier molecular flexibility index (Phi) is 5.86. The molecule has 8 nitrogen and oxygen atoms in total. The standard InChI is InChI=1S/C19H19Br2N3O5S/c1-3-29-19(27)24-5-4-8-11(7-24)30-18-12(8)17(26)22-16(23-18)9-6-10(28-2)15(25)14(21)13(9)20/h6,16,23,25H,3-5,7H2,1-2H3,(H,22,26)/t16-/m0/s1. The topological polar surface area (TPSA) is 100 Å². The van der Waals surface area contributed by atoms with E-state index in [2.05, 4.69) is 42.5 Å². The molecule has 1 aromatic heterocycles. The van der Waals surface area contributed by atoms with Crippen LogP contribution in [0.4, 0.5) is 9.80 Å². The first-order valence-corrected chi connectivity index (χ1v) is 11.6.